The van der Waals surface area contributed by atoms with E-state index in [9.17, 15) is 9.59 Å². The summed E-state index contributed by atoms with van der Waals surface area (Å²) in [5.41, 5.74) is 11.4. The maximum Gasteiger partial charge on any atom is 0.359 e. The number of hydrogen-bond donors (Lipinski definition) is 2. The van der Waals surface area contributed by atoms with Crippen molar-refractivity contribution in [1.29, 1.82) is 0 Å². The molecule has 120 valence electrons. The summed E-state index contributed by atoms with van der Waals surface area (Å²) in [5.74, 6) is -2.72. The summed E-state index contributed by atoms with van der Waals surface area (Å²) >= 11 is 11.8. The van der Waals surface area contributed by atoms with Gasteiger partial charge in [0.2, 0.25) is 5.96 Å². The predicted molar refractivity (Wildman–Crippen MR) is 83.5 cm³/mol. The fourth-order valence-corrected chi connectivity index (χ4v) is 1.96. The van der Waals surface area contributed by atoms with Crippen LogP contribution < -0.4 is 16.5 Å². The maximum absolute atomic E-state index is 11.7. The second-order valence-electron chi connectivity index (χ2n) is 4.00. The maximum atomic E-state index is 11.7. The van der Waals surface area contributed by atoms with Gasteiger partial charge in [-0.05, 0) is 23.4 Å². The van der Waals surface area contributed by atoms with Crippen LogP contribution in [0.3, 0.4) is 0 Å². The highest BCUT2D eigenvalue weighted by molar-refractivity contribution is 6.35. The van der Waals surface area contributed by atoms with Crippen LogP contribution in [0, 0.1) is 0 Å². The number of oxime groups is 1. The smallest absolute Gasteiger partial charge is 0.359 e. The standard InChI is InChI=1S/C12H9Cl2N5O4/c13-6-3-7(14)5-8(4-6)19-12(16)17-11(15)18-22-9(20)1-2-10(21)23-19/h1-5H,(H4,15,16,17,18)/b2-1+. The molecule has 0 spiro atoms. The first kappa shape index (κ1) is 16.6. The minimum Gasteiger partial charge on any atom is -0.367 e. The normalized spacial score (nSPS) is 21.9. The molecule has 0 saturated carbocycles. The lowest BCUT2D eigenvalue weighted by Gasteiger charge is -2.21. The number of halogens is 2. The third-order valence-corrected chi connectivity index (χ3v) is 2.72. The first-order valence-electron chi connectivity index (χ1n) is 5.90. The van der Waals surface area contributed by atoms with Crippen LogP contribution in [-0.4, -0.2) is 23.9 Å². The summed E-state index contributed by atoms with van der Waals surface area (Å²) < 4.78 is 0. The van der Waals surface area contributed by atoms with E-state index >= 15 is 0 Å². The summed E-state index contributed by atoms with van der Waals surface area (Å²) in [6.07, 6.45) is 1.61. The molecule has 11 heteroatoms. The van der Waals surface area contributed by atoms with Crippen LogP contribution in [0.5, 0.6) is 0 Å². The van der Waals surface area contributed by atoms with Gasteiger partial charge in [-0.15, -0.1) is 5.06 Å². The molecule has 23 heavy (non-hydrogen) atoms. The molecule has 0 aliphatic carbocycles. The Morgan fingerprint density at radius 1 is 1.00 bits per heavy atom. The van der Waals surface area contributed by atoms with Gasteiger partial charge in [-0.25, -0.2) is 9.59 Å². The highest BCUT2D eigenvalue weighted by atomic mass is 35.5. The summed E-state index contributed by atoms with van der Waals surface area (Å²) in [6.45, 7) is 0. The molecular formula is C12H9Cl2N5O4. The van der Waals surface area contributed by atoms with Gasteiger partial charge < -0.3 is 21.1 Å². The van der Waals surface area contributed by atoms with Crippen LogP contribution >= 0.6 is 23.2 Å². The molecule has 1 heterocycles. The number of nitrogens with two attached hydrogens (primary N) is 2. The largest absolute Gasteiger partial charge is 0.367 e. The molecule has 0 aromatic heterocycles. The lowest BCUT2D eigenvalue weighted by Crippen LogP contribution is -2.40. The van der Waals surface area contributed by atoms with Crippen molar-refractivity contribution in [2.45, 2.75) is 0 Å². The van der Waals surface area contributed by atoms with Crippen molar-refractivity contribution in [1.82, 2.24) is 0 Å². The Hall–Kier alpha value is -2.78. The Balaban J connectivity index is 2.48. The molecule has 0 amide bonds. The van der Waals surface area contributed by atoms with E-state index in [-0.39, 0.29) is 21.7 Å². The van der Waals surface area contributed by atoms with Crippen molar-refractivity contribution in [2.75, 3.05) is 5.06 Å². The Bertz CT molecular complexity index is 727. The average Bonchev–Trinajstić information content (AvgIpc) is 2.48. The molecule has 2 rings (SSSR count). The lowest BCUT2D eigenvalue weighted by molar-refractivity contribution is -0.140. The number of rotatable bonds is 1. The SMILES string of the molecule is NC1=N\OC(=O)/C=C/C(=O)ON(c2cc(Cl)cc(Cl)c2)\C(N)=N\1. The van der Waals surface area contributed by atoms with Crippen molar-refractivity contribution in [3.8, 4) is 0 Å². The van der Waals surface area contributed by atoms with Gasteiger partial charge in [0.05, 0.1) is 5.69 Å². The number of aliphatic imine (C=N–C) groups is 1. The van der Waals surface area contributed by atoms with Crippen LogP contribution in [0.2, 0.25) is 10.0 Å². The highest BCUT2D eigenvalue weighted by Crippen LogP contribution is 2.25. The van der Waals surface area contributed by atoms with Gasteiger partial charge in [-0.3, -0.25) is 0 Å². The number of hydrogen-bond acceptors (Lipinski definition) is 9. The van der Waals surface area contributed by atoms with Crippen LogP contribution in [0.1, 0.15) is 0 Å². The third-order valence-electron chi connectivity index (χ3n) is 2.28. The topological polar surface area (TPSA) is 133 Å². The molecule has 1 aromatic carbocycles. The number of nitrogens with zero attached hydrogens (tertiary/aromatic N) is 3. The van der Waals surface area contributed by atoms with E-state index in [1.807, 2.05) is 0 Å². The molecule has 1 aromatic rings. The molecular weight excluding hydrogens is 349 g/mol. The molecule has 1 aliphatic heterocycles. The van der Waals surface area contributed by atoms with Gasteiger partial charge in [-0.2, -0.15) is 4.99 Å². The quantitative estimate of drug-likeness (QED) is 0.713. The van der Waals surface area contributed by atoms with E-state index < -0.39 is 17.9 Å². The second kappa shape index (κ2) is 6.99. The molecule has 0 radical (unpaired) electrons. The van der Waals surface area contributed by atoms with Crippen LogP contribution in [0.4, 0.5) is 5.69 Å². The van der Waals surface area contributed by atoms with E-state index in [1.165, 1.54) is 18.2 Å². The van der Waals surface area contributed by atoms with Gasteiger partial charge in [0.15, 0.2) is 0 Å². The summed E-state index contributed by atoms with van der Waals surface area (Å²) in [4.78, 5) is 36.0. The molecule has 0 saturated heterocycles. The third kappa shape index (κ3) is 4.59. The summed E-state index contributed by atoms with van der Waals surface area (Å²) in [5, 5.41) is 4.58. The number of carbonyl (C=O) groups is 2. The molecule has 0 unspecified atom stereocenters. The van der Waals surface area contributed by atoms with E-state index in [1.54, 1.807) is 0 Å². The molecule has 0 fully saturated rings. The van der Waals surface area contributed by atoms with E-state index in [2.05, 4.69) is 15.0 Å². The Morgan fingerprint density at radius 3 is 2.26 bits per heavy atom. The molecule has 0 bridgehead atoms. The minimum absolute atomic E-state index is 0.199. The first-order chi connectivity index (χ1) is 10.8. The zero-order valence-electron chi connectivity index (χ0n) is 11.3. The van der Waals surface area contributed by atoms with Crippen molar-refractivity contribution in [3.05, 3.63) is 40.4 Å². The fourth-order valence-electron chi connectivity index (χ4n) is 1.45. The zero-order chi connectivity index (χ0) is 17.0. The van der Waals surface area contributed by atoms with Gasteiger partial charge in [0.1, 0.15) is 0 Å². The van der Waals surface area contributed by atoms with Gasteiger partial charge in [-0.1, -0.05) is 23.2 Å². The van der Waals surface area contributed by atoms with Crippen LogP contribution in [0.15, 0.2) is 40.5 Å². The Labute approximate surface area is 139 Å². The van der Waals surface area contributed by atoms with E-state index in [4.69, 9.17) is 39.5 Å². The summed E-state index contributed by atoms with van der Waals surface area (Å²) in [6, 6.07) is 4.30. The predicted octanol–water partition coefficient (Wildman–Crippen LogP) is 0.915. The number of carbonyl (C=O) groups excluding carboxylic acids is 2. The zero-order valence-corrected chi connectivity index (χ0v) is 12.8. The Kier molecular flexibility index (Phi) is 5.04. The van der Waals surface area contributed by atoms with Crippen LogP contribution in [-0.2, 0) is 19.3 Å². The highest BCUT2D eigenvalue weighted by Gasteiger charge is 2.19. The first-order valence-corrected chi connectivity index (χ1v) is 6.65. The number of hydroxylamine groups is 1. The molecule has 0 atom stereocenters. The number of benzene rings is 1. The minimum atomic E-state index is -0.946. The Morgan fingerprint density at radius 2 is 1.61 bits per heavy atom. The van der Waals surface area contributed by atoms with Crippen LogP contribution in [0.25, 0.3) is 0 Å². The molecule has 9 nitrogen and oxygen atoms in total. The van der Waals surface area contributed by atoms with Crippen molar-refractivity contribution in [3.63, 3.8) is 0 Å². The van der Waals surface area contributed by atoms with Crippen molar-refractivity contribution in [2.24, 2.45) is 21.6 Å². The number of anilines is 1. The van der Waals surface area contributed by atoms with Crippen molar-refractivity contribution >= 4 is 52.7 Å². The lowest BCUT2D eigenvalue weighted by atomic mass is 10.3. The fraction of sp³-hybridized carbons (Fsp3) is 0. The molecule has 4 N–H and O–H groups in total. The van der Waals surface area contributed by atoms with Gasteiger partial charge in [0.25, 0.3) is 5.96 Å². The van der Waals surface area contributed by atoms with E-state index in [0.717, 1.165) is 17.2 Å². The number of guanidine groups is 2. The van der Waals surface area contributed by atoms with Gasteiger partial charge >= 0.3 is 11.9 Å². The van der Waals surface area contributed by atoms with Crippen molar-refractivity contribution < 1.29 is 19.3 Å². The van der Waals surface area contributed by atoms with Gasteiger partial charge in [0, 0.05) is 22.2 Å². The van der Waals surface area contributed by atoms with E-state index in [0.29, 0.717) is 0 Å². The second-order valence-corrected chi connectivity index (χ2v) is 4.87. The molecule has 1 aliphatic rings. The monoisotopic (exact) mass is 357 g/mol. The summed E-state index contributed by atoms with van der Waals surface area (Å²) in [7, 11) is 0. The average molecular weight is 358 g/mol.